The van der Waals surface area contributed by atoms with Crippen LogP contribution in [-0.2, 0) is 47.9 Å². The predicted octanol–water partition coefficient (Wildman–Crippen LogP) is -5.29. The van der Waals surface area contributed by atoms with Gasteiger partial charge in [-0.2, -0.15) is 0 Å². The van der Waals surface area contributed by atoms with Crippen molar-refractivity contribution in [1.82, 2.24) is 21.3 Å². The first kappa shape index (κ1) is 35.7. The topological polar surface area (TPSA) is 366 Å². The number of nitrogens with one attached hydrogen (secondary N) is 4. The summed E-state index contributed by atoms with van der Waals surface area (Å²) in [4.78, 5) is 116. The Morgan fingerprint density at radius 2 is 0.659 bits per heavy atom. The van der Waals surface area contributed by atoms with E-state index in [2.05, 4.69) is 0 Å². The molecule has 0 aromatic carbocycles. The lowest BCUT2D eigenvalue weighted by molar-refractivity contribution is -0.148. The van der Waals surface area contributed by atoms with Crippen LogP contribution in [0.3, 0.4) is 0 Å². The minimum absolute atomic E-state index is 0.917. The van der Waals surface area contributed by atoms with E-state index in [0.29, 0.717) is 0 Å². The highest BCUT2D eigenvalue weighted by Crippen LogP contribution is 2.03. The van der Waals surface area contributed by atoms with Gasteiger partial charge in [-0.25, -0.2) is 4.79 Å². The minimum atomic E-state index is -2.14. The largest absolute Gasteiger partial charge is 0.481 e. The Kier molecular flexibility index (Phi) is 14.4. The molecular weight excluding hydrogens is 566 g/mol. The molecule has 12 N–H and O–H groups in total. The summed E-state index contributed by atoms with van der Waals surface area (Å²) in [5.41, 5.74) is 5.35. The molecule has 0 aliphatic heterocycles. The fourth-order valence-electron chi connectivity index (χ4n) is 2.90. The van der Waals surface area contributed by atoms with Crippen molar-refractivity contribution >= 4 is 59.4 Å². The Balaban J connectivity index is 5.93. The molecule has 0 fully saturated rings. The van der Waals surface area contributed by atoms with Gasteiger partial charge in [-0.05, 0) is 0 Å². The van der Waals surface area contributed by atoms with E-state index in [9.17, 15) is 47.9 Å². The van der Waals surface area contributed by atoms with Crippen LogP contribution in [0.15, 0.2) is 0 Å². The first-order valence-electron chi connectivity index (χ1n) is 11.1. The average molecular weight is 593 g/mol. The molecule has 0 aliphatic rings. The van der Waals surface area contributed by atoms with Gasteiger partial charge >= 0.3 is 35.8 Å². The Labute approximate surface area is 228 Å². The summed E-state index contributed by atoms with van der Waals surface area (Å²) in [7, 11) is 0. The van der Waals surface area contributed by atoms with E-state index >= 15 is 0 Å². The predicted molar refractivity (Wildman–Crippen MR) is 125 cm³/mol. The number of carboxylic acid groups (broad SMARTS) is 6. The molecule has 5 atom stereocenters. The molecule has 0 aromatic heterocycles. The van der Waals surface area contributed by atoms with Crippen molar-refractivity contribution in [3.8, 4) is 0 Å². The van der Waals surface area contributed by atoms with Crippen molar-refractivity contribution < 1.29 is 78.6 Å². The second-order valence-corrected chi connectivity index (χ2v) is 8.18. The van der Waals surface area contributed by atoms with Crippen LogP contribution in [0.1, 0.15) is 32.1 Å². The molecule has 0 unspecified atom stereocenters. The monoisotopic (exact) mass is 593 g/mol. The van der Waals surface area contributed by atoms with Crippen molar-refractivity contribution in [2.75, 3.05) is 0 Å². The third kappa shape index (κ3) is 14.4. The number of carbonyl (C=O) groups excluding carboxylic acids is 4. The Bertz CT molecular complexity index is 1090. The van der Waals surface area contributed by atoms with E-state index in [1.54, 1.807) is 16.0 Å². The molecule has 0 saturated carbocycles. The maximum absolute atomic E-state index is 12.7. The second-order valence-electron chi connectivity index (χ2n) is 8.18. The SMILES string of the molecule is N[C@@H](CC(=O)O)C(=O)N[C@@H](CC(=O)O)C(=O)N[C@@H](CC(=O)O)C(=O)N[C@@H](CC(=O)O)C(=O)N[C@@H](CC(=O)O)C(=O)O. The quantitative estimate of drug-likeness (QED) is 0.0665. The summed E-state index contributed by atoms with van der Waals surface area (Å²) in [5, 5.41) is 60.9. The fourth-order valence-corrected chi connectivity index (χ4v) is 2.90. The van der Waals surface area contributed by atoms with Gasteiger partial charge in [-0.3, -0.25) is 43.2 Å². The zero-order chi connectivity index (χ0) is 32.0. The zero-order valence-electron chi connectivity index (χ0n) is 20.8. The molecule has 4 amide bonds. The number of nitrogens with two attached hydrogens (primary N) is 1. The van der Waals surface area contributed by atoms with Crippen molar-refractivity contribution in [2.45, 2.75) is 62.3 Å². The molecule has 0 aromatic rings. The molecule has 0 rings (SSSR count). The number of amides is 4. The number of rotatable bonds is 19. The van der Waals surface area contributed by atoms with Crippen LogP contribution >= 0.6 is 0 Å². The Hall–Kier alpha value is -5.34. The van der Waals surface area contributed by atoms with E-state index in [-0.39, 0.29) is 0 Å². The van der Waals surface area contributed by atoms with Crippen molar-refractivity contribution in [3.63, 3.8) is 0 Å². The maximum Gasteiger partial charge on any atom is 0.326 e. The molecule has 0 saturated heterocycles. The summed E-state index contributed by atoms with van der Waals surface area (Å²) in [5.74, 6) is -15.9. The standard InChI is InChI=1S/C20H27N5O16/c21-6(1-11(26)27)16(36)22-7(2-12(28)29)17(37)23-8(3-13(30)31)18(38)24-9(4-14(32)33)19(39)25-10(20(40)41)5-15(34)35/h6-10H,1-5,21H2,(H,22,36)(H,23,37)(H,24,38)(H,25,39)(H,26,27)(H,28,29)(H,30,31)(H,32,33)(H,34,35)(H,40,41)/t6-,7-,8-,9-,10-/m0/s1. The highest BCUT2D eigenvalue weighted by atomic mass is 16.4. The summed E-state index contributed by atoms with van der Waals surface area (Å²) in [6, 6.07) is -10.1. The van der Waals surface area contributed by atoms with Crippen LogP contribution in [-0.4, -0.2) is 120 Å². The number of aliphatic carboxylic acids is 6. The maximum atomic E-state index is 12.7. The fraction of sp³-hybridized carbons (Fsp3) is 0.500. The lowest BCUT2D eigenvalue weighted by Crippen LogP contribution is -2.59. The first-order valence-corrected chi connectivity index (χ1v) is 11.1. The van der Waals surface area contributed by atoms with Crippen LogP contribution in [0.25, 0.3) is 0 Å². The minimum Gasteiger partial charge on any atom is -0.481 e. The molecule has 0 heterocycles. The van der Waals surface area contributed by atoms with Gasteiger partial charge in [0.25, 0.3) is 0 Å². The van der Waals surface area contributed by atoms with Gasteiger partial charge in [0, 0.05) is 0 Å². The molecular formula is C20H27N5O16. The molecule has 0 spiro atoms. The van der Waals surface area contributed by atoms with Crippen LogP contribution < -0.4 is 27.0 Å². The van der Waals surface area contributed by atoms with Gasteiger partial charge in [0.1, 0.15) is 24.2 Å². The summed E-state index contributed by atoms with van der Waals surface area (Å²) in [6.07, 6.45) is -5.66. The zero-order valence-corrected chi connectivity index (χ0v) is 20.8. The van der Waals surface area contributed by atoms with E-state index < -0.39 is 122 Å². The van der Waals surface area contributed by atoms with Crippen LogP contribution in [0.2, 0.25) is 0 Å². The molecule has 0 aliphatic carbocycles. The second kappa shape index (κ2) is 16.6. The van der Waals surface area contributed by atoms with Crippen LogP contribution in [0.5, 0.6) is 0 Å². The highest BCUT2D eigenvalue weighted by Gasteiger charge is 2.34. The number of hydrogen-bond donors (Lipinski definition) is 11. The summed E-state index contributed by atoms with van der Waals surface area (Å²) in [6.45, 7) is 0. The third-order valence-corrected chi connectivity index (χ3v) is 4.76. The van der Waals surface area contributed by atoms with Gasteiger partial charge in [0.05, 0.1) is 38.1 Å². The van der Waals surface area contributed by atoms with Crippen LogP contribution in [0, 0.1) is 0 Å². The van der Waals surface area contributed by atoms with Gasteiger partial charge < -0.3 is 57.6 Å². The summed E-state index contributed by atoms with van der Waals surface area (Å²) < 4.78 is 0. The number of carbonyl (C=O) groups is 10. The normalized spacial score (nSPS) is 14.1. The molecule has 41 heavy (non-hydrogen) atoms. The van der Waals surface area contributed by atoms with Crippen molar-refractivity contribution in [1.29, 1.82) is 0 Å². The average Bonchev–Trinajstić information content (AvgIpc) is 2.80. The summed E-state index contributed by atoms with van der Waals surface area (Å²) >= 11 is 0. The molecule has 21 heteroatoms. The van der Waals surface area contributed by atoms with E-state index in [0.717, 1.165) is 0 Å². The Morgan fingerprint density at radius 1 is 0.415 bits per heavy atom. The third-order valence-electron chi connectivity index (χ3n) is 4.76. The molecule has 21 nitrogen and oxygen atoms in total. The smallest absolute Gasteiger partial charge is 0.326 e. The number of hydrogen-bond acceptors (Lipinski definition) is 11. The highest BCUT2D eigenvalue weighted by molar-refractivity contribution is 5.99. The van der Waals surface area contributed by atoms with Gasteiger partial charge in [0.2, 0.25) is 23.6 Å². The van der Waals surface area contributed by atoms with Crippen molar-refractivity contribution in [3.05, 3.63) is 0 Å². The lowest BCUT2D eigenvalue weighted by Gasteiger charge is -2.24. The number of carboxylic acids is 6. The van der Waals surface area contributed by atoms with E-state index in [1.165, 1.54) is 0 Å². The van der Waals surface area contributed by atoms with Crippen molar-refractivity contribution in [2.24, 2.45) is 5.73 Å². The first-order chi connectivity index (χ1) is 18.8. The lowest BCUT2D eigenvalue weighted by atomic mass is 10.1. The van der Waals surface area contributed by atoms with Gasteiger partial charge in [0.15, 0.2) is 0 Å². The molecule has 0 radical (unpaired) electrons. The van der Waals surface area contributed by atoms with Gasteiger partial charge in [-0.15, -0.1) is 0 Å². The van der Waals surface area contributed by atoms with Crippen LogP contribution in [0.4, 0.5) is 0 Å². The molecule has 228 valence electrons. The van der Waals surface area contributed by atoms with E-state index in [1.807, 2.05) is 5.32 Å². The van der Waals surface area contributed by atoms with Gasteiger partial charge in [-0.1, -0.05) is 0 Å². The molecule has 0 bridgehead atoms. The van der Waals surface area contributed by atoms with E-state index in [4.69, 9.17) is 36.4 Å². The Morgan fingerprint density at radius 3 is 0.927 bits per heavy atom.